The van der Waals surface area contributed by atoms with Crippen molar-refractivity contribution in [1.82, 2.24) is 10.7 Å². The highest BCUT2D eigenvalue weighted by molar-refractivity contribution is 5.83. The fourth-order valence-electron chi connectivity index (χ4n) is 1.94. The number of carbonyl (C=O) groups excluding carboxylic acids is 1. The zero-order chi connectivity index (χ0) is 13.0. The molecule has 0 fully saturated rings. The summed E-state index contributed by atoms with van der Waals surface area (Å²) in [6, 6.07) is 12.4. The summed E-state index contributed by atoms with van der Waals surface area (Å²) in [4.78, 5) is 10.9. The molecule has 4 nitrogen and oxygen atoms in total. The summed E-state index contributed by atoms with van der Waals surface area (Å²) in [7, 11) is 0. The fourth-order valence-corrected chi connectivity index (χ4v) is 1.94. The van der Waals surface area contributed by atoms with Gasteiger partial charge in [-0.3, -0.25) is 5.43 Å². The lowest BCUT2D eigenvalue weighted by Crippen LogP contribution is -2.40. The highest BCUT2D eigenvalue weighted by Gasteiger charge is 1.99. The van der Waals surface area contributed by atoms with E-state index in [0.29, 0.717) is 6.54 Å². The number of urea groups is 1. The second kappa shape index (κ2) is 5.51. The van der Waals surface area contributed by atoms with Crippen LogP contribution in [0, 0.1) is 6.92 Å². The molecule has 0 aliphatic rings. The molecule has 0 aliphatic carbocycles. The van der Waals surface area contributed by atoms with Crippen molar-refractivity contribution in [1.29, 1.82) is 0 Å². The number of fused-ring (bicyclic) bond motifs is 1. The van der Waals surface area contributed by atoms with Gasteiger partial charge in [-0.05, 0) is 29.7 Å². The molecule has 0 unspecified atom stereocenters. The zero-order valence-corrected chi connectivity index (χ0v) is 10.4. The number of hydrogen-bond donors (Lipinski definition) is 3. The van der Waals surface area contributed by atoms with Gasteiger partial charge in [0.05, 0.1) is 0 Å². The van der Waals surface area contributed by atoms with E-state index in [1.807, 2.05) is 5.43 Å². The summed E-state index contributed by atoms with van der Waals surface area (Å²) >= 11 is 0. The predicted octanol–water partition coefficient (Wildman–Crippen LogP) is 1.86. The molecule has 18 heavy (non-hydrogen) atoms. The van der Waals surface area contributed by atoms with Gasteiger partial charge in [0.2, 0.25) is 0 Å². The van der Waals surface area contributed by atoms with Crippen molar-refractivity contribution in [3.8, 4) is 0 Å². The van der Waals surface area contributed by atoms with E-state index in [1.165, 1.54) is 21.9 Å². The van der Waals surface area contributed by atoms with Crippen LogP contribution < -0.4 is 16.6 Å². The van der Waals surface area contributed by atoms with Gasteiger partial charge < -0.3 is 5.32 Å². The van der Waals surface area contributed by atoms with Crippen LogP contribution in [-0.2, 0) is 6.42 Å². The third-order valence-electron chi connectivity index (χ3n) is 2.89. The molecule has 0 radical (unpaired) electrons. The molecule has 0 bridgehead atoms. The Hall–Kier alpha value is -2.07. The highest BCUT2D eigenvalue weighted by Crippen LogP contribution is 2.17. The summed E-state index contributed by atoms with van der Waals surface area (Å²) in [5, 5.41) is 5.13. The largest absolute Gasteiger partial charge is 0.337 e. The van der Waals surface area contributed by atoms with Crippen LogP contribution >= 0.6 is 0 Å². The summed E-state index contributed by atoms with van der Waals surface area (Å²) in [5.41, 5.74) is 4.50. The van der Waals surface area contributed by atoms with Gasteiger partial charge in [0.25, 0.3) is 0 Å². The highest BCUT2D eigenvalue weighted by atomic mass is 16.2. The summed E-state index contributed by atoms with van der Waals surface area (Å²) in [5.74, 6) is 4.98. The van der Waals surface area contributed by atoms with E-state index in [2.05, 4.69) is 48.6 Å². The Balaban J connectivity index is 2.06. The minimum absolute atomic E-state index is 0.355. The molecule has 0 spiro atoms. The molecule has 4 heteroatoms. The van der Waals surface area contributed by atoms with Crippen molar-refractivity contribution in [3.05, 3.63) is 47.5 Å². The van der Waals surface area contributed by atoms with Gasteiger partial charge in [0.1, 0.15) is 0 Å². The van der Waals surface area contributed by atoms with E-state index < -0.39 is 0 Å². The minimum atomic E-state index is -0.355. The number of aryl methyl sites for hydroxylation is 1. The lowest BCUT2D eigenvalue weighted by atomic mass is 10.0. The second-order valence-corrected chi connectivity index (χ2v) is 4.34. The molecule has 0 saturated carbocycles. The quantitative estimate of drug-likeness (QED) is 0.437. The van der Waals surface area contributed by atoms with Crippen LogP contribution in [0.5, 0.6) is 0 Å². The molecule has 2 aromatic rings. The van der Waals surface area contributed by atoms with Crippen molar-refractivity contribution in [2.75, 3.05) is 6.54 Å². The van der Waals surface area contributed by atoms with Gasteiger partial charge in [0, 0.05) is 6.54 Å². The normalized spacial score (nSPS) is 10.3. The topological polar surface area (TPSA) is 67.2 Å². The van der Waals surface area contributed by atoms with Crippen LogP contribution in [0.1, 0.15) is 11.1 Å². The van der Waals surface area contributed by atoms with Crippen molar-refractivity contribution < 1.29 is 4.79 Å². The molecule has 0 atom stereocenters. The van der Waals surface area contributed by atoms with E-state index in [0.717, 1.165) is 6.42 Å². The predicted molar refractivity (Wildman–Crippen MR) is 73.1 cm³/mol. The number of hydrazine groups is 1. The Labute approximate surface area is 106 Å². The first-order valence-corrected chi connectivity index (χ1v) is 5.93. The Morgan fingerprint density at radius 3 is 2.67 bits per heavy atom. The van der Waals surface area contributed by atoms with Crippen molar-refractivity contribution in [2.45, 2.75) is 13.3 Å². The van der Waals surface area contributed by atoms with Crippen LogP contribution in [0.15, 0.2) is 36.4 Å². The van der Waals surface area contributed by atoms with Crippen LogP contribution in [-0.4, -0.2) is 12.6 Å². The van der Waals surface area contributed by atoms with E-state index in [-0.39, 0.29) is 6.03 Å². The number of carbonyl (C=O) groups is 1. The molecular formula is C14H17N3O. The third-order valence-corrected chi connectivity index (χ3v) is 2.89. The monoisotopic (exact) mass is 243 g/mol. The lowest BCUT2D eigenvalue weighted by Gasteiger charge is -2.06. The van der Waals surface area contributed by atoms with Gasteiger partial charge in [-0.15, -0.1) is 0 Å². The average molecular weight is 243 g/mol. The Morgan fingerprint density at radius 1 is 1.17 bits per heavy atom. The summed E-state index contributed by atoms with van der Waals surface area (Å²) in [6.07, 6.45) is 0.789. The van der Waals surface area contributed by atoms with Gasteiger partial charge in [-0.25, -0.2) is 10.6 Å². The smallest absolute Gasteiger partial charge is 0.328 e. The van der Waals surface area contributed by atoms with E-state index >= 15 is 0 Å². The molecule has 0 saturated heterocycles. The number of hydrogen-bond acceptors (Lipinski definition) is 2. The van der Waals surface area contributed by atoms with Gasteiger partial charge >= 0.3 is 6.03 Å². The third kappa shape index (κ3) is 2.99. The molecular weight excluding hydrogens is 226 g/mol. The number of nitrogens with two attached hydrogens (primary N) is 1. The van der Waals surface area contributed by atoms with Gasteiger partial charge in [-0.1, -0.05) is 42.0 Å². The molecule has 4 N–H and O–H groups in total. The lowest BCUT2D eigenvalue weighted by molar-refractivity contribution is 0.241. The molecule has 0 aromatic heterocycles. The average Bonchev–Trinajstić information content (AvgIpc) is 2.38. The molecule has 0 aliphatic heterocycles. The first kappa shape index (κ1) is 12.4. The van der Waals surface area contributed by atoms with E-state index in [4.69, 9.17) is 5.84 Å². The molecule has 2 rings (SSSR count). The maximum atomic E-state index is 10.9. The van der Waals surface area contributed by atoms with Crippen LogP contribution in [0.25, 0.3) is 10.8 Å². The van der Waals surface area contributed by atoms with Crippen LogP contribution in [0.4, 0.5) is 4.79 Å². The molecule has 2 aromatic carbocycles. The minimum Gasteiger partial charge on any atom is -0.337 e. The zero-order valence-electron chi connectivity index (χ0n) is 10.4. The van der Waals surface area contributed by atoms with Crippen molar-refractivity contribution in [3.63, 3.8) is 0 Å². The first-order valence-electron chi connectivity index (χ1n) is 5.93. The van der Waals surface area contributed by atoms with Crippen LogP contribution in [0.3, 0.4) is 0 Å². The van der Waals surface area contributed by atoms with E-state index in [1.54, 1.807) is 0 Å². The second-order valence-electron chi connectivity index (χ2n) is 4.34. The molecule has 0 heterocycles. The number of rotatable bonds is 3. The molecule has 94 valence electrons. The standard InChI is InChI=1S/C14H17N3O/c1-10-2-4-13-9-11(3-5-12(13)8-10)6-7-16-14(18)17-15/h2-5,8-9H,6-7,15H2,1H3,(H2,16,17,18). The number of nitrogens with one attached hydrogen (secondary N) is 2. The number of amides is 2. The van der Waals surface area contributed by atoms with Gasteiger partial charge in [-0.2, -0.15) is 0 Å². The SMILES string of the molecule is Cc1ccc2cc(CCNC(=O)NN)ccc2c1. The summed E-state index contributed by atoms with van der Waals surface area (Å²) < 4.78 is 0. The molecule has 2 amide bonds. The van der Waals surface area contributed by atoms with Gasteiger partial charge in [0.15, 0.2) is 0 Å². The van der Waals surface area contributed by atoms with Crippen LogP contribution in [0.2, 0.25) is 0 Å². The Morgan fingerprint density at radius 2 is 1.89 bits per heavy atom. The van der Waals surface area contributed by atoms with E-state index in [9.17, 15) is 4.79 Å². The van der Waals surface area contributed by atoms with Crippen molar-refractivity contribution in [2.24, 2.45) is 5.84 Å². The summed E-state index contributed by atoms with van der Waals surface area (Å²) in [6.45, 7) is 2.66. The fraction of sp³-hybridized carbons (Fsp3) is 0.214. The Bertz CT molecular complexity index is 566. The van der Waals surface area contributed by atoms with Crippen molar-refractivity contribution >= 4 is 16.8 Å². The first-order chi connectivity index (χ1) is 8.69. The Kier molecular flexibility index (Phi) is 3.79. The maximum Gasteiger partial charge on any atom is 0.328 e. The number of benzene rings is 2. The maximum absolute atomic E-state index is 10.9.